The van der Waals surface area contributed by atoms with Crippen molar-refractivity contribution in [1.29, 1.82) is 0 Å². The molecule has 0 atom stereocenters. The number of benzene rings is 2. The van der Waals surface area contributed by atoms with Gasteiger partial charge >= 0.3 is 6.09 Å². The van der Waals surface area contributed by atoms with Gasteiger partial charge in [-0.2, -0.15) is 0 Å². The Hall–Kier alpha value is -2.69. The predicted octanol–water partition coefficient (Wildman–Crippen LogP) is 3.04. The number of carbonyl (C=O) groups is 1. The maximum absolute atomic E-state index is 12.2. The smallest absolute Gasteiger partial charge is 0.410 e. The van der Waals surface area contributed by atoms with Crippen molar-refractivity contribution in [3.63, 3.8) is 0 Å². The summed E-state index contributed by atoms with van der Waals surface area (Å²) in [4.78, 5) is 16.2. The van der Waals surface area contributed by atoms with Gasteiger partial charge < -0.3 is 20.3 Å². The minimum Gasteiger partial charge on any atom is -0.445 e. The van der Waals surface area contributed by atoms with Crippen molar-refractivity contribution in [2.24, 2.45) is 0 Å². The van der Waals surface area contributed by atoms with Gasteiger partial charge in [0, 0.05) is 37.6 Å². The van der Waals surface area contributed by atoms with E-state index in [2.05, 4.69) is 11.0 Å². The Morgan fingerprint density at radius 1 is 1.08 bits per heavy atom. The Bertz CT molecular complexity index is 695. The molecule has 0 aliphatic carbocycles. The number of nitrogens with two attached hydrogens (primary N) is 1. The van der Waals surface area contributed by atoms with Crippen molar-refractivity contribution >= 4 is 17.5 Å². The van der Waals surface area contributed by atoms with Crippen LogP contribution in [0.4, 0.5) is 16.2 Å². The summed E-state index contributed by atoms with van der Waals surface area (Å²) in [6.07, 6.45) is -0.244. The third-order valence-corrected chi connectivity index (χ3v) is 4.36. The molecule has 1 amide bonds. The highest BCUT2D eigenvalue weighted by Crippen LogP contribution is 2.22. The molecule has 1 aliphatic heterocycles. The second kappa shape index (κ2) is 7.25. The largest absolute Gasteiger partial charge is 0.445 e. The van der Waals surface area contributed by atoms with Crippen LogP contribution in [0.2, 0.25) is 0 Å². The van der Waals surface area contributed by atoms with E-state index in [0.29, 0.717) is 19.7 Å². The number of anilines is 2. The number of hydrogen-bond acceptors (Lipinski definition) is 4. The van der Waals surface area contributed by atoms with Crippen LogP contribution in [0.3, 0.4) is 0 Å². The molecule has 0 saturated carbocycles. The molecule has 2 aromatic rings. The second-order valence-electron chi connectivity index (χ2n) is 6.06. The Balaban J connectivity index is 1.51. The summed E-state index contributed by atoms with van der Waals surface area (Å²) < 4.78 is 5.40. The van der Waals surface area contributed by atoms with Crippen LogP contribution in [0.1, 0.15) is 11.1 Å². The maximum Gasteiger partial charge on any atom is 0.410 e. The molecule has 0 bridgehead atoms. The molecule has 5 heteroatoms. The first kappa shape index (κ1) is 16.2. The van der Waals surface area contributed by atoms with Crippen molar-refractivity contribution < 1.29 is 9.53 Å². The number of aryl methyl sites for hydroxylation is 1. The summed E-state index contributed by atoms with van der Waals surface area (Å²) in [6, 6.07) is 15.8. The van der Waals surface area contributed by atoms with Crippen molar-refractivity contribution in [1.82, 2.24) is 4.90 Å². The summed E-state index contributed by atoms with van der Waals surface area (Å²) in [5.41, 5.74) is 9.91. The van der Waals surface area contributed by atoms with E-state index in [9.17, 15) is 4.79 Å². The van der Waals surface area contributed by atoms with Gasteiger partial charge in [0.05, 0.1) is 0 Å². The molecule has 0 unspecified atom stereocenters. The summed E-state index contributed by atoms with van der Waals surface area (Å²) in [6.45, 7) is 5.24. The van der Waals surface area contributed by atoms with E-state index in [1.807, 2.05) is 49.4 Å². The van der Waals surface area contributed by atoms with Crippen LogP contribution in [0, 0.1) is 6.92 Å². The first-order valence-electron chi connectivity index (χ1n) is 8.20. The molecule has 0 spiro atoms. The zero-order chi connectivity index (χ0) is 16.9. The van der Waals surface area contributed by atoms with Crippen LogP contribution >= 0.6 is 0 Å². The lowest BCUT2D eigenvalue weighted by atomic mass is 10.1. The fourth-order valence-electron chi connectivity index (χ4n) is 2.81. The van der Waals surface area contributed by atoms with Crippen LogP contribution < -0.4 is 10.6 Å². The summed E-state index contributed by atoms with van der Waals surface area (Å²) in [5, 5.41) is 0. The molecule has 0 aromatic heterocycles. The fourth-order valence-corrected chi connectivity index (χ4v) is 2.81. The number of hydrogen-bond donors (Lipinski definition) is 1. The average molecular weight is 325 g/mol. The molecule has 2 N–H and O–H groups in total. The molecule has 1 heterocycles. The van der Waals surface area contributed by atoms with E-state index in [0.717, 1.165) is 35.6 Å². The molecule has 0 radical (unpaired) electrons. The third-order valence-electron chi connectivity index (χ3n) is 4.36. The van der Waals surface area contributed by atoms with Gasteiger partial charge in [-0.15, -0.1) is 0 Å². The summed E-state index contributed by atoms with van der Waals surface area (Å²) >= 11 is 0. The van der Waals surface area contributed by atoms with Crippen molar-refractivity contribution in [2.45, 2.75) is 13.5 Å². The van der Waals surface area contributed by atoms with Gasteiger partial charge in [0.2, 0.25) is 0 Å². The average Bonchev–Trinajstić information content (AvgIpc) is 2.63. The van der Waals surface area contributed by atoms with Gasteiger partial charge in [0.25, 0.3) is 0 Å². The fraction of sp³-hybridized carbons (Fsp3) is 0.316. The van der Waals surface area contributed by atoms with Gasteiger partial charge in [-0.25, -0.2) is 4.79 Å². The lowest BCUT2D eigenvalue weighted by molar-refractivity contribution is 0.0942. The minimum absolute atomic E-state index is 0.244. The van der Waals surface area contributed by atoms with Crippen LogP contribution in [0.15, 0.2) is 48.5 Å². The van der Waals surface area contributed by atoms with Crippen molar-refractivity contribution in [2.75, 3.05) is 36.8 Å². The number of piperazine rings is 1. The lowest BCUT2D eigenvalue weighted by Crippen LogP contribution is -2.49. The molecule has 5 nitrogen and oxygen atoms in total. The normalized spacial score (nSPS) is 14.5. The van der Waals surface area contributed by atoms with Gasteiger partial charge in [0.15, 0.2) is 0 Å². The highest BCUT2D eigenvalue weighted by atomic mass is 16.6. The number of amides is 1. The van der Waals surface area contributed by atoms with E-state index >= 15 is 0 Å². The van der Waals surface area contributed by atoms with Crippen molar-refractivity contribution in [3.05, 3.63) is 59.7 Å². The Morgan fingerprint density at radius 2 is 1.79 bits per heavy atom. The molecule has 3 rings (SSSR count). The van der Waals surface area contributed by atoms with Crippen LogP contribution in [-0.2, 0) is 11.3 Å². The highest BCUT2D eigenvalue weighted by Gasteiger charge is 2.22. The monoisotopic (exact) mass is 325 g/mol. The van der Waals surface area contributed by atoms with E-state index < -0.39 is 0 Å². The molecule has 2 aromatic carbocycles. The van der Waals surface area contributed by atoms with Crippen LogP contribution in [0.5, 0.6) is 0 Å². The van der Waals surface area contributed by atoms with Crippen molar-refractivity contribution in [3.8, 4) is 0 Å². The molecular formula is C19H23N3O2. The summed E-state index contributed by atoms with van der Waals surface area (Å²) in [5.74, 6) is 0. The molecule has 24 heavy (non-hydrogen) atoms. The predicted molar refractivity (Wildman–Crippen MR) is 96.0 cm³/mol. The Kier molecular flexibility index (Phi) is 4.89. The zero-order valence-electron chi connectivity index (χ0n) is 13.9. The third kappa shape index (κ3) is 3.79. The van der Waals surface area contributed by atoms with Gasteiger partial charge in [-0.1, -0.05) is 30.3 Å². The summed E-state index contributed by atoms with van der Waals surface area (Å²) in [7, 11) is 0. The van der Waals surface area contributed by atoms with E-state index in [1.54, 1.807) is 4.90 Å². The molecule has 1 fully saturated rings. The minimum atomic E-state index is -0.244. The van der Waals surface area contributed by atoms with Gasteiger partial charge in [-0.3, -0.25) is 0 Å². The molecular weight excluding hydrogens is 302 g/mol. The molecule has 1 aliphatic rings. The van der Waals surface area contributed by atoms with E-state index in [1.165, 1.54) is 0 Å². The topological polar surface area (TPSA) is 58.8 Å². The number of carbonyl (C=O) groups excluding carboxylic acids is 1. The van der Waals surface area contributed by atoms with E-state index in [-0.39, 0.29) is 6.09 Å². The number of nitrogens with zero attached hydrogens (tertiary/aromatic N) is 2. The van der Waals surface area contributed by atoms with E-state index in [4.69, 9.17) is 10.5 Å². The first-order chi connectivity index (χ1) is 11.6. The zero-order valence-corrected chi connectivity index (χ0v) is 13.9. The number of nitrogen functional groups attached to an aromatic ring is 1. The number of ether oxygens (including phenoxy) is 1. The highest BCUT2D eigenvalue weighted by molar-refractivity contribution is 5.68. The van der Waals surface area contributed by atoms with Crippen LogP contribution in [0.25, 0.3) is 0 Å². The molecule has 126 valence electrons. The Morgan fingerprint density at radius 3 is 2.46 bits per heavy atom. The van der Waals surface area contributed by atoms with Gasteiger partial charge in [-0.05, 0) is 36.2 Å². The standard InChI is InChI=1S/C19H23N3O2/c1-15-13-17(7-8-18(15)20)21-9-11-22(12-10-21)19(23)24-14-16-5-3-2-4-6-16/h2-8,13H,9-12,14,20H2,1H3. The lowest BCUT2D eigenvalue weighted by Gasteiger charge is -2.35. The van der Waals surface area contributed by atoms with Crippen LogP contribution in [-0.4, -0.2) is 37.2 Å². The Labute approximate surface area is 142 Å². The SMILES string of the molecule is Cc1cc(N2CCN(C(=O)OCc3ccccc3)CC2)ccc1N. The second-order valence-corrected chi connectivity index (χ2v) is 6.06. The molecule has 1 saturated heterocycles. The first-order valence-corrected chi connectivity index (χ1v) is 8.20. The quantitative estimate of drug-likeness (QED) is 0.881. The van der Waals surface area contributed by atoms with Gasteiger partial charge in [0.1, 0.15) is 6.61 Å². The maximum atomic E-state index is 12.2. The number of rotatable bonds is 3.